The average Bonchev–Trinajstić information content (AvgIpc) is 3.13. The van der Waals surface area contributed by atoms with Crippen LogP contribution >= 0.6 is 0 Å². The van der Waals surface area contributed by atoms with E-state index in [4.69, 9.17) is 9.26 Å². The molecule has 8 nitrogen and oxygen atoms in total. The molecule has 2 aromatic heterocycles. The summed E-state index contributed by atoms with van der Waals surface area (Å²) in [7, 11) is 1.48. The van der Waals surface area contributed by atoms with Gasteiger partial charge in [0.15, 0.2) is 17.4 Å². The molecule has 0 aliphatic heterocycles. The van der Waals surface area contributed by atoms with Gasteiger partial charge in [-0.05, 0) is 42.8 Å². The highest BCUT2D eigenvalue weighted by Gasteiger charge is 2.12. The largest absolute Gasteiger partial charge is 0.453 e. The van der Waals surface area contributed by atoms with Crippen molar-refractivity contribution in [1.29, 1.82) is 0 Å². The number of carbonyl (C=O) groups excluding carboxylic acids is 2. The van der Waals surface area contributed by atoms with Gasteiger partial charge < -0.3 is 19.5 Å². The molecule has 1 N–H and O–H groups in total. The van der Waals surface area contributed by atoms with Crippen molar-refractivity contribution in [1.82, 2.24) is 15.0 Å². The molecule has 0 bridgehead atoms. The van der Waals surface area contributed by atoms with E-state index >= 15 is 0 Å². The molecule has 0 aliphatic carbocycles. The molecule has 1 aromatic carbocycles. The molecule has 0 unspecified atom stereocenters. The van der Waals surface area contributed by atoms with Crippen LogP contribution in [0.25, 0.3) is 6.08 Å². The lowest BCUT2D eigenvalue weighted by atomic mass is 10.2. The highest BCUT2D eigenvalue weighted by molar-refractivity contribution is 5.97. The van der Waals surface area contributed by atoms with Crippen LogP contribution in [0, 0.1) is 12.7 Å². The zero-order valence-electron chi connectivity index (χ0n) is 16.3. The maximum atomic E-state index is 14.3. The van der Waals surface area contributed by atoms with Gasteiger partial charge in [0.2, 0.25) is 11.8 Å². The minimum absolute atomic E-state index is 0.0448. The summed E-state index contributed by atoms with van der Waals surface area (Å²) in [5.41, 5.74) is 0.468. The van der Waals surface area contributed by atoms with Crippen LogP contribution in [0.1, 0.15) is 11.3 Å². The van der Waals surface area contributed by atoms with Crippen LogP contribution in [0.15, 0.2) is 59.4 Å². The van der Waals surface area contributed by atoms with Gasteiger partial charge in [0.25, 0.3) is 0 Å². The van der Waals surface area contributed by atoms with Gasteiger partial charge in [-0.15, -0.1) is 0 Å². The van der Waals surface area contributed by atoms with Crippen molar-refractivity contribution in [2.24, 2.45) is 0 Å². The highest BCUT2D eigenvalue weighted by atomic mass is 19.1. The van der Waals surface area contributed by atoms with Crippen LogP contribution in [-0.2, 0) is 9.59 Å². The minimum atomic E-state index is -0.580. The number of pyridine rings is 1. The van der Waals surface area contributed by atoms with Gasteiger partial charge in [-0.25, -0.2) is 4.39 Å². The maximum absolute atomic E-state index is 14.3. The zero-order valence-corrected chi connectivity index (χ0v) is 16.3. The number of carbonyl (C=O) groups is 2. The fourth-order valence-electron chi connectivity index (χ4n) is 2.43. The predicted molar refractivity (Wildman–Crippen MR) is 107 cm³/mol. The van der Waals surface area contributed by atoms with Gasteiger partial charge in [0, 0.05) is 25.4 Å². The van der Waals surface area contributed by atoms with Crippen molar-refractivity contribution < 1.29 is 23.2 Å². The van der Waals surface area contributed by atoms with Crippen LogP contribution in [0.2, 0.25) is 0 Å². The molecule has 2 amide bonds. The van der Waals surface area contributed by atoms with Crippen molar-refractivity contribution in [3.8, 4) is 11.5 Å². The topological polar surface area (TPSA) is 97.6 Å². The van der Waals surface area contributed by atoms with Crippen molar-refractivity contribution >= 4 is 23.7 Å². The van der Waals surface area contributed by atoms with Crippen molar-refractivity contribution in [2.75, 3.05) is 18.9 Å². The number of halogens is 1. The zero-order chi connectivity index (χ0) is 21.5. The second-order valence-electron chi connectivity index (χ2n) is 6.38. The van der Waals surface area contributed by atoms with Crippen LogP contribution in [-0.4, -0.2) is 40.4 Å². The molecular weight excluding hydrogens is 391 g/mol. The lowest BCUT2D eigenvalue weighted by Crippen LogP contribution is -2.33. The molecule has 154 valence electrons. The molecule has 0 saturated carbocycles. The quantitative estimate of drug-likeness (QED) is 0.600. The molecule has 9 heteroatoms. The Bertz CT molecular complexity index is 1070. The fourth-order valence-corrected chi connectivity index (χ4v) is 2.43. The Balaban J connectivity index is 1.55. The summed E-state index contributed by atoms with van der Waals surface area (Å²) in [5, 5.41) is 6.18. The highest BCUT2D eigenvalue weighted by Crippen LogP contribution is 2.24. The number of ether oxygens (including phenoxy) is 1. The molecule has 0 saturated heterocycles. The Kier molecular flexibility index (Phi) is 6.53. The lowest BCUT2D eigenvalue weighted by molar-refractivity contribution is -0.129. The van der Waals surface area contributed by atoms with Gasteiger partial charge in [-0.1, -0.05) is 11.2 Å². The SMILES string of the molecule is Cc1cc(NC(=O)CN(C)C(=O)/C=C/c2ccc(Oc3cccnc3)c(F)c2)no1. The minimum Gasteiger partial charge on any atom is -0.453 e. The number of likely N-dealkylation sites (N-methyl/N-ethyl adjacent to an activating group) is 1. The van der Waals surface area contributed by atoms with E-state index in [9.17, 15) is 14.0 Å². The van der Waals surface area contributed by atoms with Crippen molar-refractivity contribution in [2.45, 2.75) is 6.92 Å². The van der Waals surface area contributed by atoms with Gasteiger partial charge in [0.1, 0.15) is 11.5 Å². The number of amides is 2. The van der Waals surface area contributed by atoms with Crippen LogP contribution < -0.4 is 10.1 Å². The van der Waals surface area contributed by atoms with Crippen molar-refractivity contribution in [3.05, 3.63) is 72.0 Å². The first-order valence-electron chi connectivity index (χ1n) is 8.94. The van der Waals surface area contributed by atoms with E-state index in [0.29, 0.717) is 17.1 Å². The normalized spacial score (nSPS) is 10.8. The average molecular weight is 410 g/mol. The molecule has 0 aliphatic rings. The fraction of sp³-hybridized carbons (Fsp3) is 0.143. The van der Waals surface area contributed by atoms with E-state index < -0.39 is 17.6 Å². The summed E-state index contributed by atoms with van der Waals surface area (Å²) in [6, 6.07) is 9.22. The molecule has 0 spiro atoms. The Hall–Kier alpha value is -4.01. The summed E-state index contributed by atoms with van der Waals surface area (Å²) < 4.78 is 24.5. The molecule has 0 atom stereocenters. The summed E-state index contributed by atoms with van der Waals surface area (Å²) in [6.45, 7) is 1.52. The van der Waals surface area contributed by atoms with E-state index in [1.807, 2.05) is 0 Å². The number of hydrogen-bond acceptors (Lipinski definition) is 6. The van der Waals surface area contributed by atoms with Crippen molar-refractivity contribution in [3.63, 3.8) is 0 Å². The van der Waals surface area contributed by atoms with Gasteiger partial charge in [-0.2, -0.15) is 0 Å². The van der Waals surface area contributed by atoms with Gasteiger partial charge in [0.05, 0.1) is 12.7 Å². The smallest absolute Gasteiger partial charge is 0.246 e. The molecular formula is C21H19FN4O4. The number of rotatable bonds is 7. The lowest BCUT2D eigenvalue weighted by Gasteiger charge is -2.14. The Labute approximate surface area is 172 Å². The third-order valence-corrected chi connectivity index (χ3v) is 3.89. The molecule has 0 fully saturated rings. The number of aryl methyl sites for hydroxylation is 1. The third kappa shape index (κ3) is 5.74. The summed E-state index contributed by atoms with van der Waals surface area (Å²) >= 11 is 0. The molecule has 3 rings (SSSR count). The molecule has 30 heavy (non-hydrogen) atoms. The third-order valence-electron chi connectivity index (χ3n) is 3.89. The van der Waals surface area contributed by atoms with E-state index in [0.717, 1.165) is 0 Å². The number of nitrogens with one attached hydrogen (secondary N) is 1. The second-order valence-corrected chi connectivity index (χ2v) is 6.38. The summed E-state index contributed by atoms with van der Waals surface area (Å²) in [4.78, 5) is 29.3. The summed E-state index contributed by atoms with van der Waals surface area (Å²) in [5.74, 6) is -0.129. The van der Waals surface area contributed by atoms with E-state index in [2.05, 4.69) is 15.5 Å². The molecule has 3 aromatic rings. The first kappa shape index (κ1) is 20.7. The first-order valence-corrected chi connectivity index (χ1v) is 8.94. The molecule has 2 heterocycles. The number of anilines is 1. The second kappa shape index (κ2) is 9.46. The number of benzene rings is 1. The molecule has 0 radical (unpaired) electrons. The number of hydrogen-bond donors (Lipinski definition) is 1. The van der Waals surface area contributed by atoms with Gasteiger partial charge >= 0.3 is 0 Å². The number of nitrogens with zero attached hydrogens (tertiary/aromatic N) is 3. The van der Waals surface area contributed by atoms with Crippen LogP contribution in [0.3, 0.4) is 0 Å². The first-order chi connectivity index (χ1) is 14.4. The van der Waals surface area contributed by atoms with Crippen LogP contribution in [0.5, 0.6) is 11.5 Å². The Morgan fingerprint density at radius 2 is 2.13 bits per heavy atom. The van der Waals surface area contributed by atoms with E-state index in [1.54, 1.807) is 37.4 Å². The Morgan fingerprint density at radius 1 is 1.30 bits per heavy atom. The Morgan fingerprint density at radius 3 is 2.80 bits per heavy atom. The van der Waals surface area contributed by atoms with Crippen LogP contribution in [0.4, 0.5) is 10.2 Å². The predicted octanol–water partition coefficient (Wildman–Crippen LogP) is 3.42. The van der Waals surface area contributed by atoms with E-state index in [1.165, 1.54) is 42.4 Å². The van der Waals surface area contributed by atoms with Gasteiger partial charge in [-0.3, -0.25) is 14.6 Å². The summed E-state index contributed by atoms with van der Waals surface area (Å²) in [6.07, 6.45) is 5.77. The number of aromatic nitrogens is 2. The van der Waals surface area contributed by atoms with E-state index in [-0.39, 0.29) is 18.1 Å². The standard InChI is InChI=1S/C21H19FN4O4/c1-14-10-19(25-30-14)24-20(27)13-26(2)21(28)8-6-15-5-7-18(17(22)11-15)29-16-4-3-9-23-12-16/h3-12H,13H2,1-2H3,(H,24,25,27)/b8-6+. The maximum Gasteiger partial charge on any atom is 0.246 e. The monoisotopic (exact) mass is 410 g/mol.